The zero-order valence-corrected chi connectivity index (χ0v) is 15.3. The molecule has 0 aliphatic carbocycles. The molecular weight excluding hydrogens is 358 g/mol. The summed E-state index contributed by atoms with van der Waals surface area (Å²) in [5.74, 6) is -0.385. The third-order valence-electron chi connectivity index (χ3n) is 3.82. The van der Waals surface area contributed by atoms with E-state index in [1.54, 1.807) is 19.1 Å². The van der Waals surface area contributed by atoms with Crippen LogP contribution in [0, 0.1) is 0 Å². The zero-order valence-electron chi connectivity index (χ0n) is 14.5. The van der Waals surface area contributed by atoms with Crippen molar-refractivity contribution in [1.82, 2.24) is 9.88 Å². The van der Waals surface area contributed by atoms with Gasteiger partial charge in [-0.25, -0.2) is 13.6 Å². The molecule has 0 radical (unpaired) electrons. The number of pyridine rings is 1. The minimum absolute atomic E-state index is 0.0239. The number of amides is 1. The van der Waals surface area contributed by atoms with Crippen molar-refractivity contribution in [3.63, 3.8) is 0 Å². The van der Waals surface area contributed by atoms with Gasteiger partial charge in [-0.05, 0) is 30.7 Å². The number of ether oxygens (including phenoxy) is 1. The lowest BCUT2D eigenvalue weighted by Crippen LogP contribution is -2.29. The number of aromatic nitrogens is 1. The molecule has 3 N–H and O–H groups in total. The van der Waals surface area contributed by atoms with E-state index in [0.717, 1.165) is 0 Å². The molecule has 2 rings (SSSR count). The second kappa shape index (κ2) is 8.26. The van der Waals surface area contributed by atoms with Crippen molar-refractivity contribution in [2.45, 2.75) is 24.4 Å². The highest BCUT2D eigenvalue weighted by atomic mass is 32.2. The first-order valence-electron chi connectivity index (χ1n) is 7.85. The maximum Gasteiger partial charge on any atom is 0.253 e. The summed E-state index contributed by atoms with van der Waals surface area (Å²) in [6, 6.07) is 8.36. The highest BCUT2D eigenvalue weighted by Gasteiger charge is 2.15. The predicted octanol–water partition coefficient (Wildman–Crippen LogP) is 0.633. The van der Waals surface area contributed by atoms with E-state index in [1.165, 1.54) is 42.1 Å². The molecule has 0 spiro atoms. The monoisotopic (exact) mass is 379 g/mol. The molecule has 0 aliphatic rings. The van der Waals surface area contributed by atoms with Gasteiger partial charge in [-0.15, -0.1) is 0 Å². The lowest BCUT2D eigenvalue weighted by atomic mass is 10.1. The van der Waals surface area contributed by atoms with Gasteiger partial charge in [-0.1, -0.05) is 12.1 Å². The van der Waals surface area contributed by atoms with Crippen LogP contribution in [0.25, 0.3) is 0 Å². The average molecular weight is 379 g/mol. The number of benzene rings is 1. The summed E-state index contributed by atoms with van der Waals surface area (Å²) >= 11 is 0. The minimum Gasteiger partial charge on any atom is -0.383 e. The Morgan fingerprint density at radius 1 is 1.31 bits per heavy atom. The molecule has 0 saturated carbocycles. The Morgan fingerprint density at radius 3 is 2.69 bits per heavy atom. The van der Waals surface area contributed by atoms with Gasteiger partial charge in [0.15, 0.2) is 0 Å². The molecule has 1 atom stereocenters. The van der Waals surface area contributed by atoms with Crippen molar-refractivity contribution in [2.75, 3.05) is 13.7 Å². The van der Waals surface area contributed by atoms with Crippen LogP contribution >= 0.6 is 0 Å². The van der Waals surface area contributed by atoms with Gasteiger partial charge in [0, 0.05) is 25.9 Å². The van der Waals surface area contributed by atoms with Crippen molar-refractivity contribution in [1.29, 1.82) is 0 Å². The number of carbonyl (C=O) groups is 1. The van der Waals surface area contributed by atoms with Crippen molar-refractivity contribution in [3.8, 4) is 0 Å². The summed E-state index contributed by atoms with van der Waals surface area (Å²) in [5.41, 5.74) is 0.681. The van der Waals surface area contributed by atoms with E-state index < -0.39 is 16.1 Å². The largest absolute Gasteiger partial charge is 0.383 e. The standard InChI is InChI=1S/C17H21N3O5S/c1-12(13-4-3-5-15(10-13)26(18,23)24)19-17(22)14-6-7-16(21)20(11-14)8-9-25-2/h3-7,10-12H,8-9H2,1-2H3,(H,19,22)(H2,18,23,24). The third-order valence-corrected chi connectivity index (χ3v) is 4.73. The molecule has 8 nitrogen and oxygen atoms in total. The summed E-state index contributed by atoms with van der Waals surface area (Å²) in [5, 5.41) is 7.90. The molecule has 0 aliphatic heterocycles. The van der Waals surface area contributed by atoms with E-state index in [-0.39, 0.29) is 16.4 Å². The SMILES string of the molecule is COCCn1cc(C(=O)NC(C)c2cccc(S(N)(=O)=O)c2)ccc1=O. The van der Waals surface area contributed by atoms with Gasteiger partial charge >= 0.3 is 0 Å². The minimum atomic E-state index is -3.82. The fraction of sp³-hybridized carbons (Fsp3) is 0.294. The van der Waals surface area contributed by atoms with E-state index in [1.807, 2.05) is 0 Å². The van der Waals surface area contributed by atoms with Gasteiger partial charge in [-0.2, -0.15) is 0 Å². The van der Waals surface area contributed by atoms with Crippen LogP contribution < -0.4 is 16.0 Å². The van der Waals surface area contributed by atoms with Gasteiger partial charge in [0.25, 0.3) is 11.5 Å². The molecule has 26 heavy (non-hydrogen) atoms. The van der Waals surface area contributed by atoms with Gasteiger partial charge in [0.1, 0.15) is 0 Å². The van der Waals surface area contributed by atoms with Crippen LogP contribution in [-0.2, 0) is 21.3 Å². The fourth-order valence-electron chi connectivity index (χ4n) is 2.35. The molecule has 9 heteroatoms. The second-order valence-corrected chi connectivity index (χ2v) is 7.32. The Labute approximate surface area is 151 Å². The summed E-state index contributed by atoms with van der Waals surface area (Å²) in [7, 11) is -2.29. The number of rotatable bonds is 7. The van der Waals surface area contributed by atoms with Gasteiger partial charge in [0.2, 0.25) is 10.0 Å². The summed E-state index contributed by atoms with van der Waals surface area (Å²) in [6.45, 7) is 2.41. The molecule has 1 heterocycles. The molecule has 2 aromatic rings. The predicted molar refractivity (Wildman–Crippen MR) is 96.3 cm³/mol. The van der Waals surface area contributed by atoms with Crippen LogP contribution in [0.5, 0.6) is 0 Å². The molecule has 1 unspecified atom stereocenters. The number of nitrogens with zero attached hydrogens (tertiary/aromatic N) is 1. The van der Waals surface area contributed by atoms with E-state index in [9.17, 15) is 18.0 Å². The summed E-state index contributed by atoms with van der Waals surface area (Å²) < 4.78 is 29.2. The number of hydrogen-bond donors (Lipinski definition) is 2. The number of carbonyl (C=O) groups excluding carboxylic acids is 1. The lowest BCUT2D eigenvalue weighted by Gasteiger charge is -2.16. The van der Waals surface area contributed by atoms with Gasteiger partial charge in [0.05, 0.1) is 23.1 Å². The van der Waals surface area contributed by atoms with E-state index in [0.29, 0.717) is 24.3 Å². The molecule has 1 amide bonds. The van der Waals surface area contributed by atoms with Crippen molar-refractivity contribution in [2.24, 2.45) is 5.14 Å². The smallest absolute Gasteiger partial charge is 0.253 e. The van der Waals surface area contributed by atoms with Crippen LogP contribution in [0.2, 0.25) is 0 Å². The number of sulfonamides is 1. The second-order valence-electron chi connectivity index (χ2n) is 5.75. The van der Waals surface area contributed by atoms with Crippen LogP contribution in [0.1, 0.15) is 28.9 Å². The first kappa shape index (κ1) is 19.8. The molecule has 1 aromatic carbocycles. The van der Waals surface area contributed by atoms with E-state index in [4.69, 9.17) is 9.88 Å². The Kier molecular flexibility index (Phi) is 6.30. The Hall–Kier alpha value is -2.49. The topological polar surface area (TPSA) is 120 Å². The molecule has 1 aromatic heterocycles. The van der Waals surface area contributed by atoms with Gasteiger partial charge in [-0.3, -0.25) is 9.59 Å². The maximum atomic E-state index is 12.4. The van der Waals surface area contributed by atoms with Crippen molar-refractivity contribution < 1.29 is 17.9 Å². The Balaban J connectivity index is 2.18. The van der Waals surface area contributed by atoms with Gasteiger partial charge < -0.3 is 14.6 Å². The van der Waals surface area contributed by atoms with Crippen LogP contribution in [0.15, 0.2) is 52.3 Å². The molecule has 0 bridgehead atoms. The molecule has 0 fully saturated rings. The van der Waals surface area contributed by atoms with Crippen molar-refractivity contribution in [3.05, 3.63) is 64.1 Å². The number of nitrogens with two attached hydrogens (primary N) is 1. The Morgan fingerprint density at radius 2 is 2.04 bits per heavy atom. The molecule has 140 valence electrons. The van der Waals surface area contributed by atoms with Crippen molar-refractivity contribution >= 4 is 15.9 Å². The lowest BCUT2D eigenvalue weighted by molar-refractivity contribution is 0.0938. The summed E-state index contributed by atoms with van der Waals surface area (Å²) in [6.07, 6.45) is 1.46. The third kappa shape index (κ3) is 5.01. The molecule has 0 saturated heterocycles. The van der Waals surface area contributed by atoms with Crippen LogP contribution in [0.3, 0.4) is 0 Å². The van der Waals surface area contributed by atoms with Crippen LogP contribution in [-0.4, -0.2) is 32.6 Å². The number of nitrogens with one attached hydrogen (secondary N) is 1. The highest BCUT2D eigenvalue weighted by molar-refractivity contribution is 7.89. The fourth-order valence-corrected chi connectivity index (χ4v) is 2.92. The highest BCUT2D eigenvalue weighted by Crippen LogP contribution is 2.17. The molecular formula is C17H21N3O5S. The van der Waals surface area contributed by atoms with Crippen LogP contribution in [0.4, 0.5) is 0 Å². The zero-order chi connectivity index (χ0) is 19.3. The van der Waals surface area contributed by atoms with E-state index in [2.05, 4.69) is 5.32 Å². The average Bonchev–Trinajstić information content (AvgIpc) is 2.60. The number of primary sulfonamides is 1. The summed E-state index contributed by atoms with van der Waals surface area (Å²) in [4.78, 5) is 24.2. The normalized spacial score (nSPS) is 12.6. The first-order valence-corrected chi connectivity index (χ1v) is 9.40. The number of hydrogen-bond acceptors (Lipinski definition) is 5. The first-order chi connectivity index (χ1) is 12.2. The number of methoxy groups -OCH3 is 1. The Bertz CT molecular complexity index is 953. The maximum absolute atomic E-state index is 12.4. The quantitative estimate of drug-likeness (QED) is 0.731. The van der Waals surface area contributed by atoms with E-state index >= 15 is 0 Å².